The van der Waals surface area contributed by atoms with Crippen LogP contribution in [0.25, 0.3) is 0 Å². The summed E-state index contributed by atoms with van der Waals surface area (Å²) in [4.78, 5) is 12.5. The molecule has 1 fully saturated rings. The third kappa shape index (κ3) is 4.48. The second-order valence-electron chi connectivity index (χ2n) is 6.47. The van der Waals surface area contributed by atoms with Crippen LogP contribution in [0, 0.1) is 18.8 Å². The highest BCUT2D eigenvalue weighted by atomic mass is 16.1. The van der Waals surface area contributed by atoms with Crippen LogP contribution in [0.4, 0.5) is 5.69 Å². The molecule has 1 aromatic carbocycles. The van der Waals surface area contributed by atoms with E-state index in [1.165, 1.54) is 19.3 Å². The first-order chi connectivity index (χ1) is 10.1. The lowest BCUT2D eigenvalue weighted by molar-refractivity contribution is 0.0948. The van der Waals surface area contributed by atoms with Gasteiger partial charge in [-0.25, -0.2) is 0 Å². The molecule has 2 atom stereocenters. The topological polar surface area (TPSA) is 41.1 Å². The number of aryl methyl sites for hydroxylation is 1. The van der Waals surface area contributed by atoms with Crippen molar-refractivity contribution < 1.29 is 4.79 Å². The summed E-state index contributed by atoms with van der Waals surface area (Å²) >= 11 is 0. The zero-order valence-corrected chi connectivity index (χ0v) is 13.5. The molecule has 1 aromatic rings. The monoisotopic (exact) mass is 288 g/mol. The van der Waals surface area contributed by atoms with Crippen LogP contribution in [0.3, 0.4) is 0 Å². The summed E-state index contributed by atoms with van der Waals surface area (Å²) in [5, 5.41) is 6.47. The van der Waals surface area contributed by atoms with Gasteiger partial charge >= 0.3 is 0 Å². The van der Waals surface area contributed by atoms with Crippen molar-refractivity contribution in [1.82, 2.24) is 5.32 Å². The van der Waals surface area contributed by atoms with Gasteiger partial charge in [0.25, 0.3) is 5.91 Å². The highest BCUT2D eigenvalue weighted by molar-refractivity contribution is 5.99. The Labute approximate surface area is 128 Å². The summed E-state index contributed by atoms with van der Waals surface area (Å²) in [5.41, 5.74) is 2.84. The fourth-order valence-electron chi connectivity index (χ4n) is 3.10. The first-order valence-electron chi connectivity index (χ1n) is 8.22. The molecule has 3 nitrogen and oxygen atoms in total. The molecule has 2 unspecified atom stereocenters. The van der Waals surface area contributed by atoms with Gasteiger partial charge in [0.05, 0.1) is 5.56 Å². The quantitative estimate of drug-likeness (QED) is 0.831. The van der Waals surface area contributed by atoms with Crippen LogP contribution in [-0.2, 0) is 0 Å². The molecule has 0 aliphatic heterocycles. The minimum absolute atomic E-state index is 0.0526. The minimum Gasteiger partial charge on any atom is -0.384 e. The largest absolute Gasteiger partial charge is 0.384 e. The molecule has 0 aromatic heterocycles. The van der Waals surface area contributed by atoms with Gasteiger partial charge in [-0.3, -0.25) is 4.79 Å². The Balaban J connectivity index is 1.98. The lowest BCUT2D eigenvalue weighted by atomic mass is 10.1. The van der Waals surface area contributed by atoms with Crippen LogP contribution >= 0.6 is 0 Å². The van der Waals surface area contributed by atoms with E-state index in [2.05, 4.69) is 24.5 Å². The summed E-state index contributed by atoms with van der Waals surface area (Å²) in [7, 11) is 0. The van der Waals surface area contributed by atoms with Crippen LogP contribution in [0.1, 0.15) is 55.5 Å². The van der Waals surface area contributed by atoms with Gasteiger partial charge < -0.3 is 10.6 Å². The van der Waals surface area contributed by atoms with Crippen LogP contribution in [0.5, 0.6) is 0 Å². The van der Waals surface area contributed by atoms with Gasteiger partial charge in [-0.05, 0) is 50.2 Å². The van der Waals surface area contributed by atoms with E-state index < -0.39 is 0 Å². The molecule has 1 saturated carbocycles. The minimum atomic E-state index is 0.0526. The molecule has 1 aliphatic carbocycles. The van der Waals surface area contributed by atoms with Crippen molar-refractivity contribution in [2.24, 2.45) is 11.8 Å². The highest BCUT2D eigenvalue weighted by Gasteiger charge is 2.22. The molecule has 2 N–H and O–H groups in total. The number of nitrogens with one attached hydrogen (secondary N) is 2. The number of benzene rings is 1. The molecule has 116 valence electrons. The van der Waals surface area contributed by atoms with E-state index in [-0.39, 0.29) is 5.91 Å². The van der Waals surface area contributed by atoms with Crippen molar-refractivity contribution >= 4 is 11.6 Å². The van der Waals surface area contributed by atoms with Gasteiger partial charge in [-0.15, -0.1) is 0 Å². The molecule has 0 heterocycles. The highest BCUT2D eigenvalue weighted by Crippen LogP contribution is 2.29. The van der Waals surface area contributed by atoms with E-state index in [4.69, 9.17) is 0 Å². The fourth-order valence-corrected chi connectivity index (χ4v) is 3.10. The molecule has 2 rings (SSSR count). The summed E-state index contributed by atoms with van der Waals surface area (Å²) in [5.74, 6) is 1.52. The molecular weight excluding hydrogens is 260 g/mol. The Kier molecular flexibility index (Phi) is 5.66. The lowest BCUT2D eigenvalue weighted by Gasteiger charge is -2.15. The van der Waals surface area contributed by atoms with E-state index >= 15 is 0 Å². The van der Waals surface area contributed by atoms with Crippen molar-refractivity contribution in [2.75, 3.05) is 18.4 Å². The smallest absolute Gasteiger partial charge is 0.253 e. The van der Waals surface area contributed by atoms with Gasteiger partial charge in [0.15, 0.2) is 0 Å². The van der Waals surface area contributed by atoms with Crippen molar-refractivity contribution in [1.29, 1.82) is 0 Å². The van der Waals surface area contributed by atoms with Gasteiger partial charge in [0, 0.05) is 18.8 Å². The van der Waals surface area contributed by atoms with Gasteiger partial charge in [0.1, 0.15) is 0 Å². The van der Waals surface area contributed by atoms with E-state index in [0.29, 0.717) is 5.92 Å². The summed E-state index contributed by atoms with van der Waals surface area (Å²) in [6.45, 7) is 8.16. The molecular formula is C18H28N2O. The van der Waals surface area contributed by atoms with E-state index in [0.717, 1.165) is 42.2 Å². The summed E-state index contributed by atoms with van der Waals surface area (Å²) < 4.78 is 0. The Bertz CT molecular complexity index is 484. The SMILES string of the molecule is CCCNc1ccc(C)cc1C(=O)NCC1CCC(C)C1. The van der Waals surface area contributed by atoms with Crippen LogP contribution in [-0.4, -0.2) is 19.0 Å². The third-order valence-electron chi connectivity index (χ3n) is 4.34. The van der Waals surface area contributed by atoms with E-state index in [1.54, 1.807) is 0 Å². The summed E-state index contributed by atoms with van der Waals surface area (Å²) in [6.07, 6.45) is 4.84. The zero-order chi connectivity index (χ0) is 15.2. The normalized spacial score (nSPS) is 21.3. The van der Waals surface area contributed by atoms with Crippen molar-refractivity contribution in [3.05, 3.63) is 29.3 Å². The second kappa shape index (κ2) is 7.48. The number of amides is 1. The average molecular weight is 288 g/mol. The van der Waals surface area contributed by atoms with Crippen molar-refractivity contribution in [2.45, 2.75) is 46.5 Å². The van der Waals surface area contributed by atoms with Gasteiger partial charge in [0.2, 0.25) is 0 Å². The average Bonchev–Trinajstić information content (AvgIpc) is 2.89. The summed E-state index contributed by atoms with van der Waals surface area (Å²) in [6, 6.07) is 6.04. The fraction of sp³-hybridized carbons (Fsp3) is 0.611. The number of rotatable bonds is 6. The van der Waals surface area contributed by atoms with Crippen LogP contribution in [0.15, 0.2) is 18.2 Å². The number of hydrogen-bond acceptors (Lipinski definition) is 2. The molecule has 21 heavy (non-hydrogen) atoms. The van der Waals surface area contributed by atoms with Crippen LogP contribution < -0.4 is 10.6 Å². The molecule has 0 spiro atoms. The predicted octanol–water partition coefficient (Wildman–Crippen LogP) is 3.98. The maximum absolute atomic E-state index is 12.5. The van der Waals surface area contributed by atoms with Crippen molar-refractivity contribution in [3.63, 3.8) is 0 Å². The number of anilines is 1. The van der Waals surface area contributed by atoms with Gasteiger partial charge in [-0.2, -0.15) is 0 Å². The van der Waals surface area contributed by atoms with Crippen molar-refractivity contribution in [3.8, 4) is 0 Å². The Morgan fingerprint density at radius 3 is 2.81 bits per heavy atom. The molecule has 1 aliphatic rings. The van der Waals surface area contributed by atoms with Crippen LogP contribution in [0.2, 0.25) is 0 Å². The second-order valence-corrected chi connectivity index (χ2v) is 6.47. The Hall–Kier alpha value is -1.51. The van der Waals surface area contributed by atoms with Gasteiger partial charge in [-0.1, -0.05) is 31.9 Å². The molecule has 1 amide bonds. The zero-order valence-electron chi connectivity index (χ0n) is 13.5. The Morgan fingerprint density at radius 1 is 1.33 bits per heavy atom. The third-order valence-corrected chi connectivity index (χ3v) is 4.34. The number of hydrogen-bond donors (Lipinski definition) is 2. The lowest BCUT2D eigenvalue weighted by Crippen LogP contribution is -2.29. The number of carbonyl (C=O) groups excluding carboxylic acids is 1. The molecule has 0 radical (unpaired) electrons. The molecule has 0 bridgehead atoms. The first-order valence-corrected chi connectivity index (χ1v) is 8.22. The van der Waals surface area contributed by atoms with E-state index in [1.807, 2.05) is 25.1 Å². The first kappa shape index (κ1) is 15.9. The maximum Gasteiger partial charge on any atom is 0.253 e. The number of carbonyl (C=O) groups is 1. The van der Waals surface area contributed by atoms with E-state index in [9.17, 15) is 4.79 Å². The predicted molar refractivity (Wildman–Crippen MR) is 88.8 cm³/mol. The molecule has 3 heteroatoms. The standard InChI is InChI=1S/C18H28N2O/c1-4-9-19-17-8-6-14(3)11-16(17)18(21)20-12-15-7-5-13(2)10-15/h6,8,11,13,15,19H,4-5,7,9-10,12H2,1-3H3,(H,20,21). The maximum atomic E-state index is 12.5. The Morgan fingerprint density at radius 2 is 2.14 bits per heavy atom. The molecule has 0 saturated heterocycles.